The molecule has 0 radical (unpaired) electrons. The molecule has 1 unspecified atom stereocenters. The molecule has 0 spiro atoms. The second kappa shape index (κ2) is 9.55. The molecule has 2 amide bonds. The van der Waals surface area contributed by atoms with Gasteiger partial charge in [0.15, 0.2) is 5.01 Å². The second-order valence-electron chi connectivity index (χ2n) is 7.12. The van der Waals surface area contributed by atoms with Gasteiger partial charge in [-0.3, -0.25) is 4.79 Å². The number of alkyl carbamates (subject to hydrolysis) is 1. The molecule has 0 fully saturated rings. The number of likely N-dealkylation sites (N-methyl/N-ethyl adjacent to an activating group) is 1. The predicted molar refractivity (Wildman–Crippen MR) is 96.4 cm³/mol. The number of amides is 2. The minimum absolute atomic E-state index is 0. The first-order valence-corrected chi connectivity index (χ1v) is 9.04. The van der Waals surface area contributed by atoms with E-state index in [0.717, 1.165) is 30.1 Å². The molecule has 0 saturated heterocycles. The molecule has 2 rings (SSSR count). The summed E-state index contributed by atoms with van der Waals surface area (Å²) in [7, 11) is 1.99. The number of carbonyl (C=O) groups excluding carboxylic acids is 2. The van der Waals surface area contributed by atoms with Gasteiger partial charge in [-0.05, 0) is 27.8 Å². The van der Waals surface area contributed by atoms with Crippen LogP contribution in [0.15, 0.2) is 0 Å². The average Bonchev–Trinajstić information content (AvgIpc) is 2.92. The van der Waals surface area contributed by atoms with Gasteiger partial charge in [0.05, 0.1) is 12.2 Å². The Morgan fingerprint density at radius 3 is 2.67 bits per heavy atom. The molecule has 11 heteroatoms. The van der Waals surface area contributed by atoms with Crippen molar-refractivity contribution < 1.29 is 44.5 Å². The van der Waals surface area contributed by atoms with Crippen LogP contribution in [0.4, 0.5) is 4.79 Å². The van der Waals surface area contributed by atoms with Gasteiger partial charge in [0, 0.05) is 24.4 Å². The maximum absolute atomic E-state index is 12.3. The predicted octanol–water partition coefficient (Wildman–Crippen LogP) is -2.04. The van der Waals surface area contributed by atoms with E-state index in [1.54, 1.807) is 20.8 Å². The monoisotopic (exact) mass is 392 g/mol. The fourth-order valence-electron chi connectivity index (χ4n) is 2.34. The van der Waals surface area contributed by atoms with Crippen molar-refractivity contribution in [1.82, 2.24) is 20.5 Å². The second-order valence-corrected chi connectivity index (χ2v) is 8.21. The maximum atomic E-state index is 12.3. The van der Waals surface area contributed by atoms with Gasteiger partial charge in [-0.15, -0.1) is 11.3 Å². The number of hydrogen-bond donors (Lipinski definition) is 3. The van der Waals surface area contributed by atoms with E-state index in [-0.39, 0.29) is 31.8 Å². The Balaban J connectivity index is 0.00000364. The average molecular weight is 392 g/mol. The maximum Gasteiger partial charge on any atom is 1.00 e. The largest absolute Gasteiger partial charge is 1.00 e. The fraction of sp³-hybridized carbons (Fsp3) is 0.625. The van der Waals surface area contributed by atoms with Gasteiger partial charge in [-0.25, -0.2) is 14.6 Å². The summed E-state index contributed by atoms with van der Waals surface area (Å²) in [5, 5.41) is 14.3. The van der Waals surface area contributed by atoms with Gasteiger partial charge in [-0.1, -0.05) is 0 Å². The number of carboxylic acid groups (broad SMARTS) is 1. The van der Waals surface area contributed by atoms with E-state index >= 15 is 0 Å². The Bertz CT molecular complexity index is 710. The van der Waals surface area contributed by atoms with Crippen LogP contribution in [0.25, 0.3) is 0 Å². The van der Waals surface area contributed by atoms with Gasteiger partial charge in [-0.2, -0.15) is 0 Å². The Hall–Kier alpha value is -1.60. The summed E-state index contributed by atoms with van der Waals surface area (Å²) in [6.07, 6.45) is 0.0174. The third-order valence-corrected chi connectivity index (χ3v) is 4.65. The summed E-state index contributed by atoms with van der Waals surface area (Å²) in [5.41, 5.74) is 0.191. The zero-order chi connectivity index (χ0) is 19.5. The van der Waals surface area contributed by atoms with E-state index in [1.165, 1.54) is 11.3 Å². The van der Waals surface area contributed by atoms with Crippen molar-refractivity contribution in [2.75, 3.05) is 20.1 Å². The minimum Gasteiger partial charge on any atom is -1.00 e. The number of nitrogens with one attached hydrogen (secondary N) is 2. The zero-order valence-electron chi connectivity index (χ0n) is 17.3. The minimum atomic E-state index is -1.28. The van der Waals surface area contributed by atoms with Gasteiger partial charge < -0.3 is 26.8 Å². The normalized spacial score (nSPS) is 15.1. The van der Waals surface area contributed by atoms with Gasteiger partial charge in [0.2, 0.25) is 0 Å². The molecule has 1 aromatic rings. The van der Waals surface area contributed by atoms with Crippen molar-refractivity contribution in [2.45, 2.75) is 45.4 Å². The van der Waals surface area contributed by atoms with Crippen LogP contribution in [0.1, 0.15) is 42.6 Å². The molecule has 146 valence electrons. The van der Waals surface area contributed by atoms with Crippen molar-refractivity contribution >= 4 is 29.3 Å². The molecule has 0 aliphatic carbocycles. The number of thiazole rings is 1. The first kappa shape index (κ1) is 23.4. The van der Waals surface area contributed by atoms with Crippen LogP contribution in [-0.4, -0.2) is 64.7 Å². The van der Waals surface area contributed by atoms with Crippen molar-refractivity contribution in [1.29, 1.82) is 0 Å². The molecule has 1 aromatic heterocycles. The summed E-state index contributed by atoms with van der Waals surface area (Å²) in [5.74, 6) is -1.82. The Labute approximate surface area is 175 Å². The third kappa shape index (κ3) is 7.14. The van der Waals surface area contributed by atoms with Gasteiger partial charge >= 0.3 is 30.9 Å². The summed E-state index contributed by atoms with van der Waals surface area (Å²) in [6.45, 7) is 6.40. The van der Waals surface area contributed by atoms with Crippen molar-refractivity contribution in [3.63, 3.8) is 0 Å². The first-order valence-electron chi connectivity index (χ1n) is 8.23. The molecule has 0 aromatic carbocycles. The van der Waals surface area contributed by atoms with Crippen LogP contribution in [0.2, 0.25) is 0 Å². The van der Waals surface area contributed by atoms with E-state index in [4.69, 9.17) is 4.74 Å². The third-order valence-electron chi connectivity index (χ3n) is 3.57. The van der Waals surface area contributed by atoms with Crippen molar-refractivity contribution in [3.05, 3.63) is 15.6 Å². The fourth-order valence-corrected chi connectivity index (χ4v) is 3.43. The van der Waals surface area contributed by atoms with E-state index in [9.17, 15) is 19.5 Å². The topological polar surface area (TPSA) is 121 Å². The smallest absolute Gasteiger partial charge is 1.00 e. The van der Waals surface area contributed by atoms with Crippen LogP contribution in [-0.2, 0) is 22.5 Å². The number of carbonyl (C=O) groups is 3. The van der Waals surface area contributed by atoms with E-state index < -0.39 is 29.6 Å². The van der Waals surface area contributed by atoms with Gasteiger partial charge in [0.25, 0.3) is 5.91 Å². The molecular weight excluding hydrogens is 367 g/mol. The van der Waals surface area contributed by atoms with E-state index in [0.29, 0.717) is 0 Å². The zero-order valence-corrected chi connectivity index (χ0v) is 17.1. The molecule has 1 aliphatic heterocycles. The molecule has 0 bridgehead atoms. The molecule has 1 atom stereocenters. The summed E-state index contributed by atoms with van der Waals surface area (Å²) < 4.78 is 5.05. The summed E-state index contributed by atoms with van der Waals surface area (Å²) >= 11 is 1.26. The number of ether oxygens (including phenoxy) is 1. The van der Waals surface area contributed by atoms with Crippen LogP contribution in [0, 0.1) is 0 Å². The number of hydrogen-bond acceptors (Lipinski definition) is 7. The molecular formula is C16H25LiN4O5S. The molecule has 1 aliphatic rings. The van der Waals surface area contributed by atoms with Crippen molar-refractivity contribution in [3.8, 4) is 0 Å². The Kier molecular flexibility index (Phi) is 8.29. The molecule has 27 heavy (non-hydrogen) atoms. The van der Waals surface area contributed by atoms with Crippen LogP contribution in [0.3, 0.4) is 0 Å². The first-order chi connectivity index (χ1) is 12.0. The Morgan fingerprint density at radius 2 is 2.07 bits per heavy atom. The molecule has 9 nitrogen and oxygen atoms in total. The number of fused-ring (bicyclic) bond motifs is 1. The number of rotatable bonds is 5. The van der Waals surface area contributed by atoms with Gasteiger partial charge in [0.1, 0.15) is 11.6 Å². The SMILES string of the molecule is CN1CCc2nc(C(=O)NC(CNC(=O)OC(C)(C)C)C(=O)O)sc2C1.[H-].[Li+]. The summed E-state index contributed by atoms with van der Waals surface area (Å²) in [4.78, 5) is 42.8. The standard InChI is InChI=1S/C16H24N4O5S.Li.H/c1-16(2,3)25-15(24)17-7-10(14(22)23)18-12(21)13-19-9-5-6-20(4)8-11(9)26-13;;/h10H,5-8H2,1-4H3,(H,17,24)(H,18,21)(H,22,23);;/q;+1;-1. The van der Waals surface area contributed by atoms with Crippen LogP contribution < -0.4 is 29.5 Å². The van der Waals surface area contributed by atoms with Crippen LogP contribution >= 0.6 is 11.3 Å². The molecule has 3 N–H and O–H groups in total. The number of nitrogens with zero attached hydrogens (tertiary/aromatic N) is 2. The number of aromatic nitrogens is 1. The quantitative estimate of drug-likeness (QED) is 0.494. The van der Waals surface area contributed by atoms with E-state index in [1.807, 2.05) is 7.05 Å². The number of carboxylic acids is 1. The number of aliphatic carboxylic acids is 1. The summed E-state index contributed by atoms with van der Waals surface area (Å²) in [6, 6.07) is -1.28. The van der Waals surface area contributed by atoms with Crippen molar-refractivity contribution in [2.24, 2.45) is 0 Å². The Morgan fingerprint density at radius 1 is 1.41 bits per heavy atom. The molecule has 2 heterocycles. The van der Waals surface area contributed by atoms with E-state index in [2.05, 4.69) is 20.5 Å². The van der Waals surface area contributed by atoms with Crippen LogP contribution in [0.5, 0.6) is 0 Å². The molecule has 0 saturated carbocycles.